The zero-order chi connectivity index (χ0) is 20.2. The summed E-state index contributed by atoms with van der Waals surface area (Å²) in [6, 6.07) is 11.4. The van der Waals surface area contributed by atoms with Crippen molar-refractivity contribution in [3.05, 3.63) is 77.4 Å². The molecule has 1 aromatic carbocycles. The average Bonchev–Trinajstić information content (AvgIpc) is 3.38. The average molecular weight is 394 g/mol. The summed E-state index contributed by atoms with van der Waals surface area (Å²) in [5.74, 6) is -1.07. The summed E-state index contributed by atoms with van der Waals surface area (Å²) >= 11 is 0. The van der Waals surface area contributed by atoms with Gasteiger partial charge in [-0.2, -0.15) is 5.10 Å². The van der Waals surface area contributed by atoms with Gasteiger partial charge in [-0.05, 0) is 61.2 Å². The van der Waals surface area contributed by atoms with Crippen LogP contribution in [0, 0.1) is 5.82 Å². The van der Waals surface area contributed by atoms with Crippen LogP contribution in [0.4, 0.5) is 4.39 Å². The van der Waals surface area contributed by atoms with E-state index in [-0.39, 0.29) is 11.9 Å². The summed E-state index contributed by atoms with van der Waals surface area (Å²) in [6.07, 6.45) is 9.28. The van der Waals surface area contributed by atoms with Crippen molar-refractivity contribution in [3.63, 3.8) is 0 Å². The molecule has 0 bridgehead atoms. The Labute approximate surface area is 168 Å². The second kappa shape index (κ2) is 8.55. The van der Waals surface area contributed by atoms with Crippen LogP contribution in [0.15, 0.2) is 54.9 Å². The Kier molecular flexibility index (Phi) is 5.69. The molecule has 0 radical (unpaired) electrons. The van der Waals surface area contributed by atoms with Gasteiger partial charge in [0.25, 0.3) is 5.91 Å². The summed E-state index contributed by atoms with van der Waals surface area (Å²) in [7, 11) is 0. The molecule has 2 aromatic heterocycles. The van der Waals surface area contributed by atoms with Crippen molar-refractivity contribution in [2.24, 2.45) is 0 Å². The maximum Gasteiger partial charge on any atom is 0.267 e. The Hall–Kier alpha value is -3.03. The van der Waals surface area contributed by atoms with Crippen molar-refractivity contribution >= 4 is 17.5 Å². The molecule has 4 rings (SSSR count). The summed E-state index contributed by atoms with van der Waals surface area (Å²) < 4.78 is 16.4. The lowest BCUT2D eigenvalue weighted by Gasteiger charge is -2.25. The van der Waals surface area contributed by atoms with E-state index in [4.69, 9.17) is 5.21 Å². The Morgan fingerprint density at radius 1 is 1.34 bits per heavy atom. The van der Waals surface area contributed by atoms with Gasteiger partial charge in [-0.3, -0.25) is 14.9 Å². The Morgan fingerprint density at radius 3 is 3.07 bits per heavy atom. The van der Waals surface area contributed by atoms with E-state index >= 15 is 0 Å². The van der Waals surface area contributed by atoms with Crippen LogP contribution in [0.25, 0.3) is 11.6 Å². The number of rotatable bonds is 6. The zero-order valence-corrected chi connectivity index (χ0v) is 16.0. The Morgan fingerprint density at radius 2 is 2.24 bits per heavy atom. The lowest BCUT2D eigenvalue weighted by atomic mass is 10.0. The number of aromatic nitrogens is 2. The van der Waals surface area contributed by atoms with Gasteiger partial charge in [-0.15, -0.1) is 0 Å². The Balaban J connectivity index is 1.46. The van der Waals surface area contributed by atoms with Gasteiger partial charge in [0, 0.05) is 30.4 Å². The normalized spacial score (nSPS) is 17.4. The van der Waals surface area contributed by atoms with Gasteiger partial charge >= 0.3 is 0 Å². The number of hydrogen-bond donors (Lipinski definition) is 2. The Bertz CT molecular complexity index is 1050. The van der Waals surface area contributed by atoms with Gasteiger partial charge in [-0.1, -0.05) is 18.2 Å². The molecule has 2 N–H and O–H groups in total. The predicted octanol–water partition coefficient (Wildman–Crippen LogP) is 3.37. The topological polar surface area (TPSA) is 69.9 Å². The molecular formula is C22H23FN4O2. The molecule has 1 aliphatic rings. The van der Waals surface area contributed by atoms with E-state index in [1.807, 2.05) is 35.1 Å². The van der Waals surface area contributed by atoms with E-state index in [2.05, 4.69) is 16.1 Å². The van der Waals surface area contributed by atoms with Gasteiger partial charge < -0.3 is 0 Å². The maximum absolute atomic E-state index is 14.5. The van der Waals surface area contributed by atoms with E-state index in [0.29, 0.717) is 5.56 Å². The van der Waals surface area contributed by atoms with Crippen LogP contribution in [0.2, 0.25) is 0 Å². The number of benzene rings is 1. The van der Waals surface area contributed by atoms with Crippen LogP contribution >= 0.6 is 0 Å². The number of nitrogens with zero attached hydrogens (tertiary/aromatic N) is 3. The van der Waals surface area contributed by atoms with Gasteiger partial charge in [0.05, 0.1) is 11.7 Å². The first-order chi connectivity index (χ1) is 14.2. The molecule has 1 aliphatic heterocycles. The first kappa shape index (κ1) is 19.3. The maximum atomic E-state index is 14.5. The van der Waals surface area contributed by atoms with Crippen molar-refractivity contribution in [1.29, 1.82) is 0 Å². The fraction of sp³-hybridized carbons (Fsp3) is 0.273. The minimum absolute atomic E-state index is 0.185. The van der Waals surface area contributed by atoms with Gasteiger partial charge in [0.2, 0.25) is 0 Å². The minimum Gasteiger partial charge on any atom is -0.296 e. The highest BCUT2D eigenvalue weighted by Crippen LogP contribution is 2.33. The number of carbonyl (C=O) groups excluding carboxylic acids is 1. The fourth-order valence-corrected chi connectivity index (χ4v) is 4.00. The number of hydroxylamine groups is 1. The number of amides is 1. The molecule has 0 saturated carbocycles. The van der Waals surface area contributed by atoms with Crippen LogP contribution < -0.4 is 5.48 Å². The highest BCUT2D eigenvalue weighted by atomic mass is 19.1. The SMILES string of the molecule is O=C(/C=C/c1ccc([C@@H]2CCCN2CCc2cnn3ccccc23)cc1F)NO. The van der Waals surface area contributed by atoms with Crippen LogP contribution in [0.3, 0.4) is 0 Å². The highest BCUT2D eigenvalue weighted by Gasteiger charge is 2.26. The third-order valence-corrected chi connectivity index (χ3v) is 5.47. The quantitative estimate of drug-likeness (QED) is 0.382. The molecule has 7 heteroatoms. The molecule has 29 heavy (non-hydrogen) atoms. The fourth-order valence-electron chi connectivity index (χ4n) is 4.00. The molecule has 1 atom stereocenters. The standard InChI is InChI=1S/C22H23FN4O2/c23-19-14-17(7-6-16(19)8-9-22(28)25-29)20-5-3-11-26(20)13-10-18-15-24-27-12-2-1-4-21(18)27/h1-2,4,6-9,12,14-15,20,29H,3,5,10-11,13H2,(H,25,28)/b9-8+/t20-/m0/s1. The molecule has 1 fully saturated rings. The van der Waals surface area contributed by atoms with Crippen LogP contribution in [-0.4, -0.2) is 38.7 Å². The number of fused-ring (bicyclic) bond motifs is 1. The largest absolute Gasteiger partial charge is 0.296 e. The summed E-state index contributed by atoms with van der Waals surface area (Å²) in [5.41, 5.74) is 5.09. The molecule has 0 unspecified atom stereocenters. The number of likely N-dealkylation sites (tertiary alicyclic amines) is 1. The molecule has 3 aromatic rings. The lowest BCUT2D eigenvalue weighted by molar-refractivity contribution is -0.124. The second-order valence-electron chi connectivity index (χ2n) is 7.23. The third-order valence-electron chi connectivity index (χ3n) is 5.47. The third kappa shape index (κ3) is 4.21. The smallest absolute Gasteiger partial charge is 0.267 e. The van der Waals surface area contributed by atoms with Gasteiger partial charge in [-0.25, -0.2) is 14.4 Å². The minimum atomic E-state index is -0.692. The molecular weight excluding hydrogens is 371 g/mol. The van der Waals surface area contributed by atoms with Crippen LogP contribution in [0.1, 0.15) is 35.6 Å². The summed E-state index contributed by atoms with van der Waals surface area (Å²) in [4.78, 5) is 13.5. The first-order valence-electron chi connectivity index (χ1n) is 9.72. The lowest BCUT2D eigenvalue weighted by Crippen LogP contribution is -2.25. The highest BCUT2D eigenvalue weighted by molar-refractivity contribution is 5.90. The number of halogens is 1. The van der Waals surface area contributed by atoms with Crippen molar-refractivity contribution in [2.45, 2.75) is 25.3 Å². The molecule has 150 valence electrons. The molecule has 6 nitrogen and oxygen atoms in total. The number of carbonyl (C=O) groups is 1. The zero-order valence-electron chi connectivity index (χ0n) is 16.0. The van der Waals surface area contributed by atoms with Crippen molar-refractivity contribution in [1.82, 2.24) is 20.0 Å². The molecule has 1 saturated heterocycles. The van der Waals surface area contributed by atoms with Crippen LogP contribution in [-0.2, 0) is 11.2 Å². The molecule has 0 spiro atoms. The predicted molar refractivity (Wildman–Crippen MR) is 108 cm³/mol. The number of hydrogen-bond acceptors (Lipinski definition) is 4. The van der Waals surface area contributed by atoms with E-state index in [0.717, 1.165) is 49.5 Å². The molecule has 1 amide bonds. The molecule has 3 heterocycles. The van der Waals surface area contributed by atoms with Crippen molar-refractivity contribution in [3.8, 4) is 0 Å². The van der Waals surface area contributed by atoms with Crippen LogP contribution in [0.5, 0.6) is 0 Å². The monoisotopic (exact) mass is 394 g/mol. The van der Waals surface area contributed by atoms with E-state index < -0.39 is 5.91 Å². The number of nitrogens with one attached hydrogen (secondary N) is 1. The molecule has 0 aliphatic carbocycles. The van der Waals surface area contributed by atoms with E-state index in [9.17, 15) is 9.18 Å². The van der Waals surface area contributed by atoms with Crippen molar-refractivity contribution < 1.29 is 14.4 Å². The van der Waals surface area contributed by atoms with E-state index in [1.54, 1.807) is 12.1 Å². The van der Waals surface area contributed by atoms with Gasteiger partial charge in [0.15, 0.2) is 0 Å². The van der Waals surface area contributed by atoms with E-state index in [1.165, 1.54) is 17.1 Å². The number of pyridine rings is 1. The summed E-state index contributed by atoms with van der Waals surface area (Å²) in [5, 5.41) is 12.9. The van der Waals surface area contributed by atoms with Crippen molar-refractivity contribution in [2.75, 3.05) is 13.1 Å². The van der Waals surface area contributed by atoms with Gasteiger partial charge in [0.1, 0.15) is 5.82 Å². The summed E-state index contributed by atoms with van der Waals surface area (Å²) in [6.45, 7) is 1.88. The first-order valence-corrected chi connectivity index (χ1v) is 9.72. The second-order valence-corrected chi connectivity index (χ2v) is 7.23.